The number of anilines is 2. The summed E-state index contributed by atoms with van der Waals surface area (Å²) >= 11 is 18.9. The Hall–Kier alpha value is -1.08. The van der Waals surface area contributed by atoms with Crippen molar-refractivity contribution in [1.82, 2.24) is 10.2 Å². The summed E-state index contributed by atoms with van der Waals surface area (Å²) in [6.45, 7) is 2.81. The molecule has 5 nitrogen and oxygen atoms in total. The Morgan fingerprint density at radius 3 is 2.62 bits per heavy atom. The summed E-state index contributed by atoms with van der Waals surface area (Å²) in [5, 5.41) is 15.2. The zero-order valence-electron chi connectivity index (χ0n) is 10.9. The highest BCUT2D eigenvalue weighted by atomic mass is 35.5. The van der Waals surface area contributed by atoms with E-state index in [9.17, 15) is 4.79 Å². The largest absolute Gasteiger partial charge is 0.360 e. The van der Waals surface area contributed by atoms with Crippen molar-refractivity contribution in [2.45, 2.75) is 13.3 Å². The highest BCUT2D eigenvalue weighted by Crippen LogP contribution is 2.32. The van der Waals surface area contributed by atoms with Gasteiger partial charge in [0.25, 0.3) is 5.91 Å². The van der Waals surface area contributed by atoms with Crippen molar-refractivity contribution in [3.8, 4) is 0 Å². The Morgan fingerprint density at radius 1 is 1.19 bits per heavy atom. The summed E-state index contributed by atoms with van der Waals surface area (Å²) in [5.74, 6) is -0.405. The molecule has 112 valence electrons. The van der Waals surface area contributed by atoms with Crippen molar-refractivity contribution in [1.29, 1.82) is 0 Å². The summed E-state index contributed by atoms with van der Waals surface area (Å²) in [4.78, 5) is 12.1. The van der Waals surface area contributed by atoms with E-state index in [2.05, 4.69) is 20.8 Å². The van der Waals surface area contributed by atoms with Gasteiger partial charge in [-0.2, -0.15) is 0 Å². The second kappa shape index (κ2) is 7.26. The average Bonchev–Trinajstić information content (AvgIpc) is 2.91. The van der Waals surface area contributed by atoms with E-state index in [1.54, 1.807) is 0 Å². The van der Waals surface area contributed by atoms with Crippen LogP contribution in [-0.4, -0.2) is 22.6 Å². The molecule has 0 fully saturated rings. The van der Waals surface area contributed by atoms with Gasteiger partial charge in [0.2, 0.25) is 10.1 Å². The van der Waals surface area contributed by atoms with Crippen LogP contribution in [0.2, 0.25) is 15.1 Å². The molecule has 1 aromatic carbocycles. The maximum atomic E-state index is 12.1. The first-order chi connectivity index (χ1) is 10.0. The van der Waals surface area contributed by atoms with Crippen LogP contribution in [0.25, 0.3) is 0 Å². The van der Waals surface area contributed by atoms with E-state index >= 15 is 0 Å². The second-order valence-corrected chi connectivity index (χ2v) is 6.24. The number of hydrogen-bond acceptors (Lipinski definition) is 5. The molecule has 0 saturated carbocycles. The topological polar surface area (TPSA) is 66.9 Å². The molecule has 0 radical (unpaired) electrons. The Bertz CT molecular complexity index is 662. The molecule has 1 amide bonds. The number of rotatable bonds is 5. The maximum absolute atomic E-state index is 12.1. The quantitative estimate of drug-likeness (QED) is 0.761. The molecule has 0 unspecified atom stereocenters. The molecule has 9 heteroatoms. The summed E-state index contributed by atoms with van der Waals surface area (Å²) in [5.41, 5.74) is 0.370. The number of aromatic nitrogens is 2. The number of carbonyl (C=O) groups excluding carboxylic acids is 1. The summed E-state index contributed by atoms with van der Waals surface area (Å²) in [7, 11) is 0. The van der Waals surface area contributed by atoms with Crippen molar-refractivity contribution in [2.24, 2.45) is 0 Å². The van der Waals surface area contributed by atoms with Gasteiger partial charge in [-0.25, -0.2) is 0 Å². The third kappa shape index (κ3) is 4.20. The molecule has 0 spiro atoms. The van der Waals surface area contributed by atoms with E-state index in [1.807, 2.05) is 6.92 Å². The SMILES string of the molecule is CCCNc1nnc(C(=O)Nc2cc(Cl)c(Cl)cc2Cl)s1. The number of nitrogens with zero attached hydrogens (tertiary/aromatic N) is 2. The van der Waals surface area contributed by atoms with Crippen molar-refractivity contribution < 1.29 is 4.79 Å². The molecule has 2 N–H and O–H groups in total. The van der Waals surface area contributed by atoms with E-state index in [-0.39, 0.29) is 5.01 Å². The van der Waals surface area contributed by atoms with Gasteiger partial charge in [-0.1, -0.05) is 53.1 Å². The van der Waals surface area contributed by atoms with Gasteiger partial charge < -0.3 is 10.6 Å². The monoisotopic (exact) mass is 364 g/mol. The van der Waals surface area contributed by atoms with Crippen LogP contribution in [0.15, 0.2) is 12.1 Å². The lowest BCUT2D eigenvalue weighted by molar-refractivity contribution is 0.102. The third-order valence-electron chi connectivity index (χ3n) is 2.40. The number of carbonyl (C=O) groups is 1. The molecule has 0 bridgehead atoms. The number of halogens is 3. The van der Waals surface area contributed by atoms with Crippen LogP contribution < -0.4 is 10.6 Å². The zero-order chi connectivity index (χ0) is 15.4. The van der Waals surface area contributed by atoms with Gasteiger partial charge in [-0.05, 0) is 18.6 Å². The molecular weight excluding hydrogens is 355 g/mol. The number of amides is 1. The zero-order valence-corrected chi connectivity index (χ0v) is 14.0. The fourth-order valence-electron chi connectivity index (χ4n) is 1.41. The molecule has 21 heavy (non-hydrogen) atoms. The highest BCUT2D eigenvalue weighted by molar-refractivity contribution is 7.17. The van der Waals surface area contributed by atoms with Crippen LogP contribution >= 0.6 is 46.1 Å². The molecule has 2 aromatic rings. The minimum atomic E-state index is -0.405. The van der Waals surface area contributed by atoms with Gasteiger partial charge in [0, 0.05) is 6.54 Å². The van der Waals surface area contributed by atoms with Gasteiger partial charge in [0.05, 0.1) is 20.8 Å². The number of benzene rings is 1. The first-order valence-corrected chi connectivity index (χ1v) is 7.99. The molecular formula is C12H11Cl3N4OS. The predicted octanol–water partition coefficient (Wildman–Crippen LogP) is 4.57. The fourth-order valence-corrected chi connectivity index (χ4v) is 2.67. The van der Waals surface area contributed by atoms with Gasteiger partial charge >= 0.3 is 0 Å². The van der Waals surface area contributed by atoms with Crippen molar-refractivity contribution in [3.63, 3.8) is 0 Å². The van der Waals surface area contributed by atoms with Crippen molar-refractivity contribution in [2.75, 3.05) is 17.2 Å². The van der Waals surface area contributed by atoms with Crippen LogP contribution in [0.4, 0.5) is 10.8 Å². The lowest BCUT2D eigenvalue weighted by Crippen LogP contribution is -2.12. The number of hydrogen-bond donors (Lipinski definition) is 2. The molecule has 0 aliphatic carbocycles. The minimum Gasteiger partial charge on any atom is -0.360 e. The van der Waals surface area contributed by atoms with E-state index < -0.39 is 5.91 Å². The summed E-state index contributed by atoms with van der Waals surface area (Å²) in [6, 6.07) is 2.96. The van der Waals surface area contributed by atoms with Crippen LogP contribution in [0.1, 0.15) is 23.1 Å². The van der Waals surface area contributed by atoms with Gasteiger partial charge in [-0.3, -0.25) is 4.79 Å². The van der Waals surface area contributed by atoms with E-state index in [4.69, 9.17) is 34.8 Å². The van der Waals surface area contributed by atoms with Crippen LogP contribution in [0.5, 0.6) is 0 Å². The lowest BCUT2D eigenvalue weighted by Gasteiger charge is -2.06. The van der Waals surface area contributed by atoms with Crippen molar-refractivity contribution >= 4 is 62.9 Å². The molecule has 1 heterocycles. The second-order valence-electron chi connectivity index (χ2n) is 4.04. The maximum Gasteiger partial charge on any atom is 0.286 e. The lowest BCUT2D eigenvalue weighted by atomic mass is 10.3. The van der Waals surface area contributed by atoms with Gasteiger partial charge in [0.15, 0.2) is 0 Å². The van der Waals surface area contributed by atoms with Gasteiger partial charge in [0.1, 0.15) is 0 Å². The predicted molar refractivity (Wildman–Crippen MR) is 88.1 cm³/mol. The summed E-state index contributed by atoms with van der Waals surface area (Å²) < 4.78 is 0. The molecule has 0 saturated heterocycles. The van der Waals surface area contributed by atoms with E-state index in [1.165, 1.54) is 23.5 Å². The van der Waals surface area contributed by atoms with Crippen LogP contribution in [0.3, 0.4) is 0 Å². The summed E-state index contributed by atoms with van der Waals surface area (Å²) in [6.07, 6.45) is 0.958. The van der Waals surface area contributed by atoms with Crippen LogP contribution in [-0.2, 0) is 0 Å². The Morgan fingerprint density at radius 2 is 1.90 bits per heavy atom. The molecule has 1 aromatic heterocycles. The minimum absolute atomic E-state index is 0.232. The molecule has 2 rings (SSSR count). The average molecular weight is 366 g/mol. The van der Waals surface area contributed by atoms with Crippen molar-refractivity contribution in [3.05, 3.63) is 32.2 Å². The smallest absolute Gasteiger partial charge is 0.286 e. The highest BCUT2D eigenvalue weighted by Gasteiger charge is 2.15. The Labute approximate surface area is 140 Å². The normalized spacial score (nSPS) is 10.5. The molecule has 0 aliphatic rings. The number of nitrogens with one attached hydrogen (secondary N) is 2. The molecule has 0 aliphatic heterocycles. The van der Waals surface area contributed by atoms with Crippen LogP contribution in [0, 0.1) is 0 Å². The van der Waals surface area contributed by atoms with E-state index in [0.717, 1.165) is 13.0 Å². The fraction of sp³-hybridized carbons (Fsp3) is 0.250. The Balaban J connectivity index is 2.11. The first kappa shape index (κ1) is 16.3. The Kier molecular flexibility index (Phi) is 5.64. The van der Waals surface area contributed by atoms with E-state index in [0.29, 0.717) is 25.9 Å². The van der Waals surface area contributed by atoms with Gasteiger partial charge in [-0.15, -0.1) is 10.2 Å². The first-order valence-electron chi connectivity index (χ1n) is 6.04. The standard InChI is InChI=1S/C12H11Cl3N4OS/c1-2-3-16-12-19-18-11(21-12)10(20)17-9-5-7(14)6(13)4-8(9)15/h4-5H,2-3H2,1H3,(H,16,19)(H,17,20). The third-order valence-corrected chi connectivity index (χ3v) is 4.32. The molecule has 0 atom stereocenters.